The molecule has 32 heavy (non-hydrogen) atoms. The summed E-state index contributed by atoms with van der Waals surface area (Å²) in [5.74, 6) is -2.62. The number of nitrogens with two attached hydrogens (primary N) is 1. The van der Waals surface area contributed by atoms with Crippen LogP contribution in [0.5, 0.6) is 0 Å². The minimum Gasteiger partial charge on any atom is -0.480 e. The molecule has 0 radical (unpaired) electrons. The summed E-state index contributed by atoms with van der Waals surface area (Å²) < 4.78 is 0. The topological polar surface area (TPSA) is 171 Å². The van der Waals surface area contributed by atoms with E-state index in [4.69, 9.17) is 10.8 Å². The second-order valence-corrected chi connectivity index (χ2v) is 8.41. The van der Waals surface area contributed by atoms with Crippen molar-refractivity contribution < 1.29 is 29.4 Å². The molecule has 1 rings (SSSR count). The Balaban J connectivity index is 3.03. The van der Waals surface area contributed by atoms with Gasteiger partial charge in [-0.25, -0.2) is 0 Å². The van der Waals surface area contributed by atoms with Gasteiger partial charge < -0.3 is 31.9 Å². The number of benzene rings is 1. The molecule has 5 atom stereocenters. The Morgan fingerprint density at radius 1 is 0.969 bits per heavy atom. The number of hydrogen-bond acceptors (Lipinski definition) is 7. The van der Waals surface area contributed by atoms with Crippen LogP contribution in [-0.2, 0) is 25.6 Å². The van der Waals surface area contributed by atoms with Gasteiger partial charge in [0.15, 0.2) is 0 Å². The third kappa shape index (κ3) is 9.25. The molecule has 10 nitrogen and oxygen atoms in total. The van der Waals surface area contributed by atoms with Gasteiger partial charge in [0.2, 0.25) is 17.7 Å². The molecule has 7 N–H and O–H groups in total. The van der Waals surface area contributed by atoms with Crippen LogP contribution in [-0.4, -0.2) is 76.2 Å². The molecule has 0 heterocycles. The van der Waals surface area contributed by atoms with Crippen LogP contribution in [0.4, 0.5) is 0 Å². The molecular formula is C21H32N4O6S. The number of carboxylic acids is 1. The van der Waals surface area contributed by atoms with Crippen LogP contribution < -0.4 is 21.7 Å². The molecule has 0 bridgehead atoms. The lowest BCUT2D eigenvalue weighted by atomic mass is 10.0. The van der Waals surface area contributed by atoms with Crippen molar-refractivity contribution in [2.24, 2.45) is 5.73 Å². The number of carbonyl (C=O) groups excluding carboxylic acids is 3. The molecule has 0 fully saturated rings. The third-order valence-corrected chi connectivity index (χ3v) is 5.35. The van der Waals surface area contributed by atoms with Crippen LogP contribution in [0.15, 0.2) is 30.3 Å². The maximum Gasteiger partial charge on any atom is 0.325 e. The number of amides is 3. The molecule has 0 aliphatic rings. The van der Waals surface area contributed by atoms with Crippen molar-refractivity contribution in [1.82, 2.24) is 16.0 Å². The van der Waals surface area contributed by atoms with Gasteiger partial charge in [0.05, 0.1) is 6.10 Å². The quantitative estimate of drug-likeness (QED) is 0.219. The van der Waals surface area contributed by atoms with Crippen LogP contribution >= 0.6 is 11.8 Å². The highest BCUT2D eigenvalue weighted by Gasteiger charge is 2.30. The molecule has 178 valence electrons. The molecule has 3 amide bonds. The maximum absolute atomic E-state index is 13.0. The summed E-state index contributed by atoms with van der Waals surface area (Å²) in [5.41, 5.74) is 6.45. The van der Waals surface area contributed by atoms with Crippen molar-refractivity contribution in [1.29, 1.82) is 0 Å². The molecule has 1 aromatic rings. The first-order valence-corrected chi connectivity index (χ1v) is 11.6. The van der Waals surface area contributed by atoms with Crippen molar-refractivity contribution in [3.63, 3.8) is 0 Å². The van der Waals surface area contributed by atoms with Gasteiger partial charge in [-0.05, 0) is 37.8 Å². The van der Waals surface area contributed by atoms with E-state index in [0.29, 0.717) is 5.75 Å². The van der Waals surface area contributed by atoms with Gasteiger partial charge in [0.1, 0.15) is 24.2 Å². The SMILES string of the molecule is CSCCC(NC(=O)C(Cc1ccccc1)NC(=O)C(N)C(C)O)C(=O)NC(C)C(=O)O. The fraction of sp³-hybridized carbons (Fsp3) is 0.524. The summed E-state index contributed by atoms with van der Waals surface area (Å²) >= 11 is 1.47. The summed E-state index contributed by atoms with van der Waals surface area (Å²) in [6.45, 7) is 2.69. The van der Waals surface area contributed by atoms with Crippen molar-refractivity contribution in [2.75, 3.05) is 12.0 Å². The lowest BCUT2D eigenvalue weighted by molar-refractivity contribution is -0.141. The Morgan fingerprint density at radius 2 is 1.53 bits per heavy atom. The molecule has 1 aromatic carbocycles. The Hall–Kier alpha value is -2.63. The maximum atomic E-state index is 13.0. The van der Waals surface area contributed by atoms with E-state index in [1.165, 1.54) is 25.6 Å². The zero-order chi connectivity index (χ0) is 24.3. The molecule has 11 heteroatoms. The summed E-state index contributed by atoms with van der Waals surface area (Å²) in [6, 6.07) is 4.56. The molecule has 0 aliphatic heterocycles. The van der Waals surface area contributed by atoms with E-state index in [9.17, 15) is 24.3 Å². The first-order valence-electron chi connectivity index (χ1n) is 10.2. The fourth-order valence-electron chi connectivity index (χ4n) is 2.70. The van der Waals surface area contributed by atoms with Crippen LogP contribution in [0.25, 0.3) is 0 Å². The number of nitrogens with one attached hydrogen (secondary N) is 3. The van der Waals surface area contributed by atoms with Crippen molar-refractivity contribution in [2.45, 2.75) is 57.0 Å². The highest BCUT2D eigenvalue weighted by molar-refractivity contribution is 7.98. The van der Waals surface area contributed by atoms with Gasteiger partial charge in [-0.2, -0.15) is 11.8 Å². The average Bonchev–Trinajstić information content (AvgIpc) is 2.75. The Kier molecular flexibility index (Phi) is 11.7. The monoisotopic (exact) mass is 468 g/mol. The van der Waals surface area contributed by atoms with E-state index < -0.39 is 54.0 Å². The smallest absolute Gasteiger partial charge is 0.325 e. The number of aliphatic carboxylic acids is 1. The minimum absolute atomic E-state index is 0.132. The van der Waals surface area contributed by atoms with Gasteiger partial charge in [-0.15, -0.1) is 0 Å². The first-order chi connectivity index (χ1) is 15.1. The molecule has 0 spiro atoms. The number of carboxylic acid groups (broad SMARTS) is 1. The van der Waals surface area contributed by atoms with Crippen LogP contribution in [0.1, 0.15) is 25.8 Å². The zero-order valence-corrected chi connectivity index (χ0v) is 19.2. The summed E-state index contributed by atoms with van der Waals surface area (Å²) in [4.78, 5) is 49.0. The van der Waals surface area contributed by atoms with E-state index >= 15 is 0 Å². The molecule has 5 unspecified atom stereocenters. The Morgan fingerprint density at radius 3 is 2.06 bits per heavy atom. The first kappa shape index (κ1) is 27.4. The number of rotatable bonds is 13. The Labute approximate surface area is 191 Å². The second kappa shape index (κ2) is 13.7. The molecule has 0 saturated carbocycles. The summed E-state index contributed by atoms with van der Waals surface area (Å²) in [6.07, 6.45) is 1.12. The van der Waals surface area contributed by atoms with Crippen molar-refractivity contribution >= 4 is 35.5 Å². The van der Waals surface area contributed by atoms with E-state index in [1.807, 2.05) is 12.3 Å². The number of carbonyl (C=O) groups is 4. The van der Waals surface area contributed by atoms with Gasteiger partial charge in [0.25, 0.3) is 0 Å². The zero-order valence-electron chi connectivity index (χ0n) is 18.4. The number of hydrogen-bond donors (Lipinski definition) is 6. The lowest BCUT2D eigenvalue weighted by Crippen LogP contribution is -2.58. The van der Waals surface area contributed by atoms with Crippen LogP contribution in [0.2, 0.25) is 0 Å². The highest BCUT2D eigenvalue weighted by atomic mass is 32.2. The van der Waals surface area contributed by atoms with Crippen LogP contribution in [0, 0.1) is 0 Å². The molecule has 0 saturated heterocycles. The predicted octanol–water partition coefficient (Wildman–Crippen LogP) is -0.751. The van der Waals surface area contributed by atoms with Crippen molar-refractivity contribution in [3.05, 3.63) is 35.9 Å². The largest absolute Gasteiger partial charge is 0.480 e. The predicted molar refractivity (Wildman–Crippen MR) is 122 cm³/mol. The molecular weight excluding hydrogens is 436 g/mol. The number of aliphatic hydroxyl groups is 1. The normalized spacial score (nSPS) is 15.5. The standard InChI is InChI=1S/C21H32N4O6S/c1-12(21(30)31)23-18(27)15(9-10-32-3)24-19(28)16(11-14-7-5-4-6-8-14)25-20(29)17(22)13(2)26/h4-8,12-13,15-17,26H,9-11,22H2,1-3H3,(H,23,27)(H,24,28)(H,25,29)(H,30,31). The van der Waals surface area contributed by atoms with Crippen molar-refractivity contribution in [3.8, 4) is 0 Å². The number of aliphatic hydroxyl groups excluding tert-OH is 1. The second-order valence-electron chi connectivity index (χ2n) is 7.43. The van der Waals surface area contributed by atoms with E-state index in [2.05, 4.69) is 16.0 Å². The molecule has 0 aromatic heterocycles. The molecule has 0 aliphatic carbocycles. The van der Waals surface area contributed by atoms with Gasteiger partial charge in [-0.1, -0.05) is 30.3 Å². The third-order valence-electron chi connectivity index (χ3n) is 4.71. The van der Waals surface area contributed by atoms with Gasteiger partial charge in [-0.3, -0.25) is 19.2 Å². The Bertz CT molecular complexity index is 777. The van der Waals surface area contributed by atoms with Gasteiger partial charge in [0, 0.05) is 6.42 Å². The highest BCUT2D eigenvalue weighted by Crippen LogP contribution is 2.07. The van der Waals surface area contributed by atoms with E-state index in [1.54, 1.807) is 24.3 Å². The summed E-state index contributed by atoms with van der Waals surface area (Å²) in [5, 5.41) is 26.1. The summed E-state index contributed by atoms with van der Waals surface area (Å²) in [7, 11) is 0. The minimum atomic E-state index is -1.23. The van der Waals surface area contributed by atoms with Gasteiger partial charge >= 0.3 is 5.97 Å². The van der Waals surface area contributed by atoms with E-state index in [-0.39, 0.29) is 12.8 Å². The van der Waals surface area contributed by atoms with Crippen LogP contribution in [0.3, 0.4) is 0 Å². The average molecular weight is 469 g/mol. The van der Waals surface area contributed by atoms with E-state index in [0.717, 1.165) is 5.56 Å². The number of thioether (sulfide) groups is 1. The fourth-order valence-corrected chi connectivity index (χ4v) is 3.17. The lowest BCUT2D eigenvalue weighted by Gasteiger charge is -2.25.